The molecule has 0 aliphatic heterocycles. The Morgan fingerprint density at radius 2 is 2.25 bits per heavy atom. The van der Waals surface area contributed by atoms with Crippen molar-refractivity contribution >= 4 is 0 Å². The highest BCUT2D eigenvalue weighted by molar-refractivity contribution is 4.85. The third-order valence-electron chi connectivity index (χ3n) is 2.55. The van der Waals surface area contributed by atoms with E-state index in [9.17, 15) is 5.11 Å². The van der Waals surface area contributed by atoms with Gasteiger partial charge in [-0.25, -0.2) is 9.67 Å². The van der Waals surface area contributed by atoms with E-state index >= 15 is 0 Å². The van der Waals surface area contributed by atoms with E-state index in [1.807, 2.05) is 11.6 Å². The normalized spacial score (nSPS) is 13.3. The van der Waals surface area contributed by atoms with Gasteiger partial charge in [-0.2, -0.15) is 5.10 Å². The highest BCUT2D eigenvalue weighted by Crippen LogP contribution is 2.04. The Labute approximate surface area is 96.9 Å². The SMILES string of the molecule is CCC(O)CCNCc1ncnn1C(C)C. The van der Waals surface area contributed by atoms with Crippen molar-refractivity contribution in [3.63, 3.8) is 0 Å². The van der Waals surface area contributed by atoms with Crippen LogP contribution in [0.1, 0.15) is 45.5 Å². The zero-order valence-corrected chi connectivity index (χ0v) is 10.3. The summed E-state index contributed by atoms with van der Waals surface area (Å²) in [5, 5.41) is 16.8. The molecule has 1 rings (SSSR count). The molecule has 0 radical (unpaired) electrons. The van der Waals surface area contributed by atoms with Gasteiger partial charge in [0.15, 0.2) is 0 Å². The fraction of sp³-hybridized carbons (Fsp3) is 0.818. The first-order valence-corrected chi connectivity index (χ1v) is 5.92. The van der Waals surface area contributed by atoms with Crippen molar-refractivity contribution in [1.29, 1.82) is 0 Å². The van der Waals surface area contributed by atoms with Crippen molar-refractivity contribution < 1.29 is 5.11 Å². The monoisotopic (exact) mass is 226 g/mol. The topological polar surface area (TPSA) is 63.0 Å². The van der Waals surface area contributed by atoms with Crippen LogP contribution in [0.2, 0.25) is 0 Å². The highest BCUT2D eigenvalue weighted by Gasteiger charge is 2.07. The van der Waals surface area contributed by atoms with Gasteiger partial charge in [0.1, 0.15) is 12.2 Å². The summed E-state index contributed by atoms with van der Waals surface area (Å²) >= 11 is 0. The molecule has 5 heteroatoms. The molecular weight excluding hydrogens is 204 g/mol. The predicted molar refractivity (Wildman–Crippen MR) is 63.0 cm³/mol. The van der Waals surface area contributed by atoms with Gasteiger partial charge in [0, 0.05) is 6.04 Å². The first-order chi connectivity index (χ1) is 7.65. The molecule has 0 saturated heterocycles. The molecule has 16 heavy (non-hydrogen) atoms. The van der Waals surface area contributed by atoms with E-state index in [-0.39, 0.29) is 6.10 Å². The van der Waals surface area contributed by atoms with Crippen LogP contribution in [0.25, 0.3) is 0 Å². The molecular formula is C11H22N4O. The van der Waals surface area contributed by atoms with Gasteiger partial charge in [0.25, 0.3) is 0 Å². The summed E-state index contributed by atoms with van der Waals surface area (Å²) in [7, 11) is 0. The summed E-state index contributed by atoms with van der Waals surface area (Å²) < 4.78 is 1.91. The van der Waals surface area contributed by atoms with Crippen LogP contribution in [0, 0.1) is 0 Å². The Balaban J connectivity index is 2.29. The summed E-state index contributed by atoms with van der Waals surface area (Å²) in [4.78, 5) is 4.20. The summed E-state index contributed by atoms with van der Waals surface area (Å²) in [5.41, 5.74) is 0. The maximum absolute atomic E-state index is 9.38. The van der Waals surface area contributed by atoms with Crippen LogP contribution < -0.4 is 5.32 Å². The summed E-state index contributed by atoms with van der Waals surface area (Å²) in [6.07, 6.45) is 2.98. The minimum absolute atomic E-state index is 0.199. The van der Waals surface area contributed by atoms with Gasteiger partial charge in [0.2, 0.25) is 0 Å². The lowest BCUT2D eigenvalue weighted by atomic mass is 10.2. The smallest absolute Gasteiger partial charge is 0.141 e. The first kappa shape index (κ1) is 13.1. The number of hydrogen-bond donors (Lipinski definition) is 2. The van der Waals surface area contributed by atoms with Crippen molar-refractivity contribution in [3.05, 3.63) is 12.2 Å². The largest absolute Gasteiger partial charge is 0.393 e. The van der Waals surface area contributed by atoms with Gasteiger partial charge in [0.05, 0.1) is 12.6 Å². The van der Waals surface area contributed by atoms with Crippen LogP contribution >= 0.6 is 0 Å². The third kappa shape index (κ3) is 3.90. The fourth-order valence-electron chi connectivity index (χ4n) is 1.50. The Morgan fingerprint density at radius 3 is 2.88 bits per heavy atom. The Hall–Kier alpha value is -0.940. The van der Waals surface area contributed by atoms with Gasteiger partial charge >= 0.3 is 0 Å². The Morgan fingerprint density at radius 1 is 1.50 bits per heavy atom. The van der Waals surface area contributed by atoms with E-state index in [2.05, 4.69) is 29.2 Å². The lowest BCUT2D eigenvalue weighted by molar-refractivity contribution is 0.159. The van der Waals surface area contributed by atoms with E-state index in [0.717, 1.165) is 25.2 Å². The van der Waals surface area contributed by atoms with Crippen molar-refractivity contribution in [3.8, 4) is 0 Å². The molecule has 0 amide bonds. The van der Waals surface area contributed by atoms with Gasteiger partial charge in [-0.3, -0.25) is 0 Å². The number of aliphatic hydroxyl groups excluding tert-OH is 1. The second-order valence-electron chi connectivity index (χ2n) is 4.24. The van der Waals surface area contributed by atoms with Crippen LogP contribution in [-0.2, 0) is 6.54 Å². The van der Waals surface area contributed by atoms with Gasteiger partial charge in [-0.1, -0.05) is 6.92 Å². The standard InChI is InChI=1S/C11H22N4O/c1-4-10(16)5-6-12-7-11-13-8-14-15(11)9(2)3/h8-10,12,16H,4-7H2,1-3H3. The van der Waals surface area contributed by atoms with E-state index in [0.29, 0.717) is 12.6 Å². The van der Waals surface area contributed by atoms with Crippen molar-refractivity contribution in [1.82, 2.24) is 20.1 Å². The zero-order valence-electron chi connectivity index (χ0n) is 10.3. The molecule has 1 atom stereocenters. The molecule has 1 aromatic heterocycles. The van der Waals surface area contributed by atoms with Crippen LogP contribution in [0.15, 0.2) is 6.33 Å². The number of aromatic nitrogens is 3. The van der Waals surface area contributed by atoms with Gasteiger partial charge < -0.3 is 10.4 Å². The van der Waals surface area contributed by atoms with Gasteiger partial charge in [-0.05, 0) is 33.2 Å². The third-order valence-corrected chi connectivity index (χ3v) is 2.55. The molecule has 0 bridgehead atoms. The van der Waals surface area contributed by atoms with Crippen LogP contribution in [0.4, 0.5) is 0 Å². The molecule has 1 unspecified atom stereocenters. The van der Waals surface area contributed by atoms with Crippen LogP contribution in [0.3, 0.4) is 0 Å². The van der Waals surface area contributed by atoms with Crippen LogP contribution in [0.5, 0.6) is 0 Å². The van der Waals surface area contributed by atoms with Crippen LogP contribution in [-0.4, -0.2) is 32.5 Å². The lowest BCUT2D eigenvalue weighted by Gasteiger charge is -2.11. The average molecular weight is 226 g/mol. The minimum Gasteiger partial charge on any atom is -0.393 e. The van der Waals surface area contributed by atoms with Crippen molar-refractivity contribution in [2.45, 2.75) is 52.3 Å². The zero-order chi connectivity index (χ0) is 12.0. The van der Waals surface area contributed by atoms with E-state index in [1.54, 1.807) is 6.33 Å². The van der Waals surface area contributed by atoms with Crippen molar-refractivity contribution in [2.24, 2.45) is 0 Å². The minimum atomic E-state index is -0.199. The Kier molecular flexibility index (Phi) is 5.42. The van der Waals surface area contributed by atoms with E-state index < -0.39 is 0 Å². The second-order valence-corrected chi connectivity index (χ2v) is 4.24. The molecule has 0 fully saturated rings. The lowest BCUT2D eigenvalue weighted by Crippen LogP contribution is -2.22. The number of rotatable bonds is 7. The molecule has 1 heterocycles. The molecule has 0 aromatic carbocycles. The summed E-state index contributed by atoms with van der Waals surface area (Å²) in [6, 6.07) is 0.334. The molecule has 0 spiro atoms. The molecule has 0 aliphatic carbocycles. The van der Waals surface area contributed by atoms with E-state index in [4.69, 9.17) is 0 Å². The Bertz CT molecular complexity index is 298. The number of nitrogens with one attached hydrogen (secondary N) is 1. The predicted octanol–water partition coefficient (Wildman–Crippen LogP) is 1.11. The number of hydrogen-bond acceptors (Lipinski definition) is 4. The van der Waals surface area contributed by atoms with Gasteiger partial charge in [-0.15, -0.1) is 0 Å². The molecule has 2 N–H and O–H groups in total. The molecule has 0 aliphatic rings. The second kappa shape index (κ2) is 6.60. The number of aliphatic hydroxyl groups is 1. The molecule has 92 valence electrons. The molecule has 5 nitrogen and oxygen atoms in total. The number of nitrogens with zero attached hydrogens (tertiary/aromatic N) is 3. The highest BCUT2D eigenvalue weighted by atomic mass is 16.3. The average Bonchev–Trinajstić information content (AvgIpc) is 2.72. The van der Waals surface area contributed by atoms with E-state index in [1.165, 1.54) is 0 Å². The molecule has 0 saturated carbocycles. The van der Waals surface area contributed by atoms with Crippen molar-refractivity contribution in [2.75, 3.05) is 6.54 Å². The fourth-order valence-corrected chi connectivity index (χ4v) is 1.50. The summed E-state index contributed by atoms with van der Waals surface area (Å²) in [6.45, 7) is 7.66. The summed E-state index contributed by atoms with van der Waals surface area (Å²) in [5.74, 6) is 0.945. The maximum atomic E-state index is 9.38. The first-order valence-electron chi connectivity index (χ1n) is 5.92. The molecule has 1 aromatic rings. The quantitative estimate of drug-likeness (QED) is 0.684. The maximum Gasteiger partial charge on any atom is 0.141 e.